The number of halogens is 1. The van der Waals surface area contributed by atoms with Gasteiger partial charge < -0.3 is 5.11 Å². The number of aromatic carboxylic acids is 1. The highest BCUT2D eigenvalue weighted by Crippen LogP contribution is 2.32. The molecule has 0 radical (unpaired) electrons. The van der Waals surface area contributed by atoms with E-state index in [1.165, 1.54) is 22.5 Å². The molecule has 0 aliphatic carbocycles. The molecule has 1 atom stereocenters. The fourth-order valence-electron chi connectivity index (χ4n) is 2.49. The van der Waals surface area contributed by atoms with Gasteiger partial charge in [-0.15, -0.1) is 0 Å². The standard InChI is InChI=1S/C13H16BrNO4S/c1-2-10-4-3-7-15(10)20(18,19)12-8-9(13(16)17)5-6-11(12)14/h5-6,8,10H,2-4,7H2,1H3,(H,16,17). The monoisotopic (exact) mass is 361 g/mol. The smallest absolute Gasteiger partial charge is 0.335 e. The first-order chi connectivity index (χ1) is 9.37. The number of rotatable bonds is 4. The van der Waals surface area contributed by atoms with E-state index >= 15 is 0 Å². The number of sulfonamides is 1. The Hall–Kier alpha value is -0.920. The minimum Gasteiger partial charge on any atom is -0.478 e. The van der Waals surface area contributed by atoms with Crippen LogP contribution in [0.4, 0.5) is 0 Å². The van der Waals surface area contributed by atoms with Crippen molar-refractivity contribution in [2.75, 3.05) is 6.54 Å². The van der Waals surface area contributed by atoms with Crippen LogP contribution in [0.5, 0.6) is 0 Å². The summed E-state index contributed by atoms with van der Waals surface area (Å²) in [5.74, 6) is -1.14. The van der Waals surface area contributed by atoms with E-state index in [0.717, 1.165) is 19.3 Å². The van der Waals surface area contributed by atoms with Crippen LogP contribution < -0.4 is 0 Å². The van der Waals surface area contributed by atoms with Crippen molar-refractivity contribution in [1.29, 1.82) is 0 Å². The molecule has 0 amide bonds. The minimum absolute atomic E-state index is 0.000356. The Bertz CT molecular complexity index is 629. The molecule has 0 saturated carbocycles. The summed E-state index contributed by atoms with van der Waals surface area (Å²) in [7, 11) is -3.66. The van der Waals surface area contributed by atoms with Gasteiger partial charge in [0.2, 0.25) is 10.0 Å². The summed E-state index contributed by atoms with van der Waals surface area (Å²) in [5, 5.41) is 9.01. The number of nitrogens with zero attached hydrogens (tertiary/aromatic N) is 1. The summed E-state index contributed by atoms with van der Waals surface area (Å²) < 4.78 is 27.3. The summed E-state index contributed by atoms with van der Waals surface area (Å²) in [5.41, 5.74) is -0.0287. The Morgan fingerprint density at radius 1 is 1.50 bits per heavy atom. The third-order valence-electron chi connectivity index (χ3n) is 3.56. The highest BCUT2D eigenvalue weighted by Gasteiger charge is 2.35. The van der Waals surface area contributed by atoms with Crippen LogP contribution in [-0.4, -0.2) is 36.4 Å². The van der Waals surface area contributed by atoms with Gasteiger partial charge in [-0.05, 0) is 53.4 Å². The average Bonchev–Trinajstić information content (AvgIpc) is 2.87. The van der Waals surface area contributed by atoms with Gasteiger partial charge in [0.25, 0.3) is 0 Å². The Labute approximate surface area is 126 Å². The number of hydrogen-bond acceptors (Lipinski definition) is 3. The first-order valence-corrected chi connectivity index (χ1v) is 8.66. The molecule has 1 aliphatic heterocycles. The van der Waals surface area contributed by atoms with Gasteiger partial charge in [-0.3, -0.25) is 0 Å². The van der Waals surface area contributed by atoms with E-state index in [0.29, 0.717) is 11.0 Å². The highest BCUT2D eigenvalue weighted by molar-refractivity contribution is 9.10. The van der Waals surface area contributed by atoms with E-state index in [2.05, 4.69) is 15.9 Å². The van der Waals surface area contributed by atoms with E-state index in [4.69, 9.17) is 5.11 Å². The Morgan fingerprint density at radius 3 is 2.80 bits per heavy atom. The molecule has 1 aromatic rings. The lowest BCUT2D eigenvalue weighted by Crippen LogP contribution is -2.35. The zero-order chi connectivity index (χ0) is 14.9. The lowest BCUT2D eigenvalue weighted by Gasteiger charge is -2.23. The predicted molar refractivity (Wildman–Crippen MR) is 78.3 cm³/mol. The van der Waals surface area contributed by atoms with Crippen molar-refractivity contribution in [1.82, 2.24) is 4.31 Å². The maximum absolute atomic E-state index is 12.7. The first-order valence-electron chi connectivity index (χ1n) is 6.42. The van der Waals surface area contributed by atoms with Gasteiger partial charge in [0.1, 0.15) is 0 Å². The molecule has 0 aromatic heterocycles. The molecule has 110 valence electrons. The van der Waals surface area contributed by atoms with Crippen LogP contribution in [0.1, 0.15) is 36.5 Å². The van der Waals surface area contributed by atoms with Gasteiger partial charge in [-0.25, -0.2) is 13.2 Å². The SMILES string of the molecule is CCC1CCCN1S(=O)(=O)c1cc(C(=O)O)ccc1Br. The molecule has 0 spiro atoms. The quantitative estimate of drug-likeness (QED) is 0.894. The molecule has 0 bridgehead atoms. The molecule has 1 fully saturated rings. The number of benzene rings is 1. The number of carboxylic acids is 1. The van der Waals surface area contributed by atoms with Crippen molar-refractivity contribution >= 4 is 31.9 Å². The van der Waals surface area contributed by atoms with Crippen LogP contribution in [0.3, 0.4) is 0 Å². The van der Waals surface area contributed by atoms with Crippen molar-refractivity contribution in [2.24, 2.45) is 0 Å². The first kappa shape index (κ1) is 15.5. The fourth-order valence-corrected chi connectivity index (χ4v) is 5.21. The molecule has 1 saturated heterocycles. The summed E-state index contributed by atoms with van der Waals surface area (Å²) in [6.07, 6.45) is 2.45. The second-order valence-electron chi connectivity index (χ2n) is 4.77. The van der Waals surface area contributed by atoms with Gasteiger partial charge in [-0.1, -0.05) is 6.92 Å². The molecule has 1 aromatic carbocycles. The maximum Gasteiger partial charge on any atom is 0.335 e. The van der Waals surface area contributed by atoms with E-state index in [1.54, 1.807) is 0 Å². The van der Waals surface area contributed by atoms with E-state index < -0.39 is 16.0 Å². The molecule has 20 heavy (non-hydrogen) atoms. The van der Waals surface area contributed by atoms with Crippen LogP contribution >= 0.6 is 15.9 Å². The van der Waals surface area contributed by atoms with Crippen LogP contribution in [0.25, 0.3) is 0 Å². The summed E-state index contributed by atoms with van der Waals surface area (Å²) >= 11 is 3.21. The largest absolute Gasteiger partial charge is 0.478 e. The third kappa shape index (κ3) is 2.75. The molecule has 1 N–H and O–H groups in total. The normalized spacial score (nSPS) is 20.2. The number of hydrogen-bond donors (Lipinski definition) is 1. The second-order valence-corrected chi connectivity index (χ2v) is 7.48. The van der Waals surface area contributed by atoms with Crippen LogP contribution in [0, 0.1) is 0 Å². The van der Waals surface area contributed by atoms with Crippen molar-refractivity contribution in [3.05, 3.63) is 28.2 Å². The maximum atomic E-state index is 12.7. The van der Waals surface area contributed by atoms with Crippen molar-refractivity contribution in [2.45, 2.75) is 37.1 Å². The number of carboxylic acid groups (broad SMARTS) is 1. The Morgan fingerprint density at radius 2 is 2.20 bits per heavy atom. The average molecular weight is 362 g/mol. The molecule has 1 heterocycles. The Kier molecular flexibility index (Phi) is 4.51. The zero-order valence-electron chi connectivity index (χ0n) is 11.0. The molecule has 2 rings (SSSR count). The van der Waals surface area contributed by atoms with E-state index in [9.17, 15) is 13.2 Å². The predicted octanol–water partition coefficient (Wildman–Crippen LogP) is 2.71. The molecular weight excluding hydrogens is 346 g/mol. The van der Waals surface area contributed by atoms with Gasteiger partial charge in [0.05, 0.1) is 10.5 Å². The lowest BCUT2D eigenvalue weighted by atomic mass is 10.2. The zero-order valence-corrected chi connectivity index (χ0v) is 13.4. The van der Waals surface area contributed by atoms with E-state index in [-0.39, 0.29) is 16.5 Å². The topological polar surface area (TPSA) is 74.7 Å². The van der Waals surface area contributed by atoms with Gasteiger partial charge >= 0.3 is 5.97 Å². The van der Waals surface area contributed by atoms with E-state index in [1.807, 2.05) is 6.92 Å². The van der Waals surface area contributed by atoms with Crippen LogP contribution in [0.2, 0.25) is 0 Å². The lowest BCUT2D eigenvalue weighted by molar-refractivity contribution is 0.0696. The Balaban J connectivity index is 2.48. The van der Waals surface area contributed by atoms with Crippen LogP contribution in [0.15, 0.2) is 27.6 Å². The number of carbonyl (C=O) groups is 1. The van der Waals surface area contributed by atoms with Crippen molar-refractivity contribution < 1.29 is 18.3 Å². The summed E-state index contributed by atoms with van der Waals surface area (Å²) in [6.45, 7) is 2.45. The van der Waals surface area contributed by atoms with Crippen LogP contribution in [-0.2, 0) is 10.0 Å². The molecule has 7 heteroatoms. The van der Waals surface area contributed by atoms with Gasteiger partial charge in [-0.2, -0.15) is 4.31 Å². The molecule has 1 aliphatic rings. The van der Waals surface area contributed by atoms with Gasteiger partial charge in [0.15, 0.2) is 0 Å². The molecule has 1 unspecified atom stereocenters. The third-order valence-corrected chi connectivity index (χ3v) is 6.50. The van der Waals surface area contributed by atoms with Crippen molar-refractivity contribution in [3.8, 4) is 0 Å². The summed E-state index contributed by atoms with van der Waals surface area (Å²) in [4.78, 5) is 11.0. The minimum atomic E-state index is -3.66. The second kappa shape index (κ2) is 5.83. The van der Waals surface area contributed by atoms with Crippen molar-refractivity contribution in [3.63, 3.8) is 0 Å². The summed E-state index contributed by atoms with van der Waals surface area (Å²) in [6, 6.07) is 4.06. The molecular formula is C13H16BrNO4S. The molecule has 5 nitrogen and oxygen atoms in total. The fraction of sp³-hybridized carbons (Fsp3) is 0.462. The van der Waals surface area contributed by atoms with Gasteiger partial charge in [0, 0.05) is 17.1 Å². The highest BCUT2D eigenvalue weighted by atomic mass is 79.9.